The van der Waals surface area contributed by atoms with Crippen molar-refractivity contribution in [3.63, 3.8) is 0 Å². The zero-order valence-corrected chi connectivity index (χ0v) is 31.1. The van der Waals surface area contributed by atoms with Gasteiger partial charge in [0.05, 0.1) is 12.5 Å². The van der Waals surface area contributed by atoms with E-state index in [-0.39, 0.29) is 30.1 Å². The van der Waals surface area contributed by atoms with E-state index in [9.17, 15) is 19.5 Å². The van der Waals surface area contributed by atoms with Crippen LogP contribution < -0.4 is 4.74 Å². The lowest BCUT2D eigenvalue weighted by atomic mass is 9.81. The summed E-state index contributed by atoms with van der Waals surface area (Å²) in [7, 11) is 0. The van der Waals surface area contributed by atoms with E-state index < -0.39 is 17.8 Å². The number of likely N-dealkylation sites (tertiary alicyclic amines) is 1. The topological polar surface area (TPSA) is 110 Å². The van der Waals surface area contributed by atoms with Crippen molar-refractivity contribution >= 4 is 17.7 Å². The smallest absolute Gasteiger partial charge is 0.308 e. The van der Waals surface area contributed by atoms with Crippen LogP contribution in [0.25, 0.3) is 22.5 Å². The number of rotatable bonds is 18. The molecule has 3 aromatic carbocycles. The molecule has 2 atom stereocenters. The molecule has 0 aliphatic carbocycles. The van der Waals surface area contributed by atoms with Crippen molar-refractivity contribution in [3.05, 3.63) is 102 Å². The first-order valence-electron chi connectivity index (χ1n) is 18.9. The van der Waals surface area contributed by atoms with Crippen molar-refractivity contribution in [1.82, 2.24) is 14.9 Å². The third kappa shape index (κ3) is 10.1. The monoisotopic (exact) mass is 703 g/mol. The van der Waals surface area contributed by atoms with Gasteiger partial charge in [0, 0.05) is 54.5 Å². The van der Waals surface area contributed by atoms with Gasteiger partial charge in [-0.1, -0.05) is 114 Å². The van der Waals surface area contributed by atoms with Gasteiger partial charge in [-0.2, -0.15) is 0 Å². The molecule has 1 amide bonds. The molecular weight excluding hydrogens is 651 g/mol. The number of aliphatic carboxylic acids is 1. The molecule has 0 radical (unpaired) electrons. The number of nitrogens with zero attached hydrogens (tertiary/aromatic N) is 3. The maximum Gasteiger partial charge on any atom is 0.308 e. The molecule has 52 heavy (non-hydrogen) atoms. The van der Waals surface area contributed by atoms with Crippen LogP contribution in [-0.4, -0.2) is 57.3 Å². The molecule has 274 valence electrons. The average molecular weight is 704 g/mol. The third-order valence-corrected chi connectivity index (χ3v) is 10.6. The highest BCUT2D eigenvalue weighted by Crippen LogP contribution is 2.29. The molecule has 0 bridgehead atoms. The number of carbonyl (C=O) groups excluding carboxylic acids is 2. The average Bonchev–Trinajstić information content (AvgIpc) is 3.67. The zero-order chi connectivity index (χ0) is 37.1. The number of ketones is 1. The molecule has 1 aromatic heterocycles. The highest BCUT2D eigenvalue weighted by atomic mass is 16.5. The van der Waals surface area contributed by atoms with Crippen LogP contribution in [0.4, 0.5) is 0 Å². The molecule has 2 heterocycles. The van der Waals surface area contributed by atoms with E-state index >= 15 is 0 Å². The highest BCUT2D eigenvalue weighted by molar-refractivity contribution is 5.98. The summed E-state index contributed by atoms with van der Waals surface area (Å²) in [6.45, 7) is 10.00. The molecule has 1 aliphatic rings. The lowest BCUT2D eigenvalue weighted by Gasteiger charge is -2.24. The first kappa shape index (κ1) is 38.4. The standard InChI is InChI=1S/C44H53N3O5/c1-5-7-8-9-10-25-52-39-21-17-32(18-22-39)37-28-45-41(46-29-37)34-13-11-31(12-14-34)26-36(42(49)47-24-23-35(30-47)43(50)51)27-40(48)33-15-19-38(20-16-33)44(3,4)6-2/h11-22,28-29,35-36H,5-10,23-27,30H2,1-4H3,(H,50,51)/t35-,36+/m0/s1. The number of carboxylic acids is 1. The normalized spacial score (nSPS) is 15.0. The lowest BCUT2D eigenvalue weighted by molar-refractivity contribution is -0.141. The minimum atomic E-state index is -0.893. The zero-order valence-electron chi connectivity index (χ0n) is 31.1. The van der Waals surface area contributed by atoms with Gasteiger partial charge in [-0.05, 0) is 59.9 Å². The fourth-order valence-corrected chi connectivity index (χ4v) is 6.66. The van der Waals surface area contributed by atoms with Gasteiger partial charge < -0.3 is 14.7 Å². The van der Waals surface area contributed by atoms with Crippen LogP contribution in [0, 0.1) is 11.8 Å². The number of hydrogen-bond donors (Lipinski definition) is 1. The summed E-state index contributed by atoms with van der Waals surface area (Å²) in [5, 5.41) is 9.53. The van der Waals surface area contributed by atoms with Crippen molar-refractivity contribution in [3.8, 4) is 28.3 Å². The van der Waals surface area contributed by atoms with E-state index in [4.69, 9.17) is 4.74 Å². The van der Waals surface area contributed by atoms with Gasteiger partial charge in [0.15, 0.2) is 11.6 Å². The number of hydrogen-bond acceptors (Lipinski definition) is 6. The van der Waals surface area contributed by atoms with Crippen LogP contribution in [0.1, 0.15) is 101 Å². The SMILES string of the molecule is CCCCCCCOc1ccc(-c2cnc(-c3ccc(C[C@H](CC(=O)c4ccc(C(C)(C)CC)cc4)C(=O)N4CC[C@H](C(=O)O)C4)cc3)nc2)cc1. The molecule has 1 fully saturated rings. The quantitative estimate of drug-likeness (QED) is 0.0813. The van der Waals surface area contributed by atoms with Crippen LogP contribution in [0.5, 0.6) is 5.75 Å². The van der Waals surface area contributed by atoms with E-state index in [1.165, 1.54) is 25.7 Å². The second-order valence-electron chi connectivity index (χ2n) is 14.7. The maximum atomic E-state index is 13.8. The third-order valence-electron chi connectivity index (χ3n) is 10.6. The Labute approximate surface area is 308 Å². The largest absolute Gasteiger partial charge is 0.494 e. The molecule has 1 N–H and O–H groups in total. The Bertz CT molecular complexity index is 1770. The van der Waals surface area contributed by atoms with Gasteiger partial charge in [-0.15, -0.1) is 0 Å². The lowest BCUT2D eigenvalue weighted by Crippen LogP contribution is -2.37. The number of carboxylic acid groups (broad SMARTS) is 1. The first-order valence-corrected chi connectivity index (χ1v) is 18.9. The van der Waals surface area contributed by atoms with Gasteiger partial charge in [0.2, 0.25) is 5.91 Å². The summed E-state index contributed by atoms with van der Waals surface area (Å²) < 4.78 is 5.91. The number of carbonyl (C=O) groups is 3. The van der Waals surface area contributed by atoms with Gasteiger partial charge >= 0.3 is 5.97 Å². The predicted octanol–water partition coefficient (Wildman–Crippen LogP) is 9.21. The Hall–Kier alpha value is -4.85. The van der Waals surface area contributed by atoms with Crippen molar-refractivity contribution in [2.45, 2.75) is 90.9 Å². The molecule has 1 aliphatic heterocycles. The van der Waals surface area contributed by atoms with Crippen LogP contribution in [0.2, 0.25) is 0 Å². The van der Waals surface area contributed by atoms with E-state index in [2.05, 4.69) is 37.7 Å². The van der Waals surface area contributed by atoms with Crippen LogP contribution in [-0.2, 0) is 21.4 Å². The predicted molar refractivity (Wildman–Crippen MR) is 205 cm³/mol. The molecule has 0 saturated carbocycles. The van der Waals surface area contributed by atoms with Crippen LogP contribution in [0.15, 0.2) is 85.2 Å². The van der Waals surface area contributed by atoms with Gasteiger partial charge in [0.25, 0.3) is 0 Å². The fourth-order valence-electron chi connectivity index (χ4n) is 6.66. The number of Topliss-reactive ketones (excluding diaryl/α,β-unsaturated/α-hetero) is 1. The first-order chi connectivity index (χ1) is 25.1. The van der Waals surface area contributed by atoms with Gasteiger partial charge in [0.1, 0.15) is 5.75 Å². The second-order valence-corrected chi connectivity index (χ2v) is 14.7. The number of ether oxygens (including phenoxy) is 1. The van der Waals surface area contributed by atoms with Gasteiger partial charge in [-0.3, -0.25) is 14.4 Å². The summed E-state index contributed by atoms with van der Waals surface area (Å²) in [6, 6.07) is 23.5. The molecule has 1 saturated heterocycles. The van der Waals surface area contributed by atoms with Crippen molar-refractivity contribution in [2.75, 3.05) is 19.7 Å². The Morgan fingerprint density at radius 3 is 2.12 bits per heavy atom. The molecule has 0 unspecified atom stereocenters. The molecule has 8 heteroatoms. The van der Waals surface area contributed by atoms with Crippen LogP contribution in [0.3, 0.4) is 0 Å². The van der Waals surface area contributed by atoms with E-state index in [0.29, 0.717) is 30.8 Å². The summed E-state index contributed by atoms with van der Waals surface area (Å²) in [5.41, 5.74) is 5.41. The van der Waals surface area contributed by atoms with E-state index in [1.54, 1.807) is 4.90 Å². The number of aromatic nitrogens is 2. The molecule has 4 aromatic rings. The second kappa shape index (κ2) is 18.1. The fraction of sp³-hybridized carbons (Fsp3) is 0.432. The summed E-state index contributed by atoms with van der Waals surface area (Å²) in [5.74, 6) is -0.911. The van der Waals surface area contributed by atoms with Crippen molar-refractivity contribution in [2.24, 2.45) is 11.8 Å². The Balaban J connectivity index is 1.24. The van der Waals surface area contributed by atoms with Gasteiger partial charge in [-0.25, -0.2) is 9.97 Å². The summed E-state index contributed by atoms with van der Waals surface area (Å²) in [6.07, 6.45) is 11.5. The highest BCUT2D eigenvalue weighted by Gasteiger charge is 2.35. The van der Waals surface area contributed by atoms with Crippen molar-refractivity contribution < 1.29 is 24.2 Å². The Kier molecular flexibility index (Phi) is 13.3. The molecule has 0 spiro atoms. The maximum absolute atomic E-state index is 13.8. The minimum Gasteiger partial charge on any atom is -0.494 e. The molecular formula is C44H53N3O5. The van der Waals surface area contributed by atoms with E-state index in [1.807, 2.05) is 85.2 Å². The molecule has 5 rings (SSSR count). The van der Waals surface area contributed by atoms with E-state index in [0.717, 1.165) is 53.0 Å². The molecule has 8 nitrogen and oxygen atoms in total. The Morgan fingerprint density at radius 1 is 0.846 bits per heavy atom. The minimum absolute atomic E-state index is 0.00443. The number of benzene rings is 3. The summed E-state index contributed by atoms with van der Waals surface area (Å²) in [4.78, 5) is 49.9. The summed E-state index contributed by atoms with van der Waals surface area (Å²) >= 11 is 0. The van der Waals surface area contributed by atoms with Crippen molar-refractivity contribution in [1.29, 1.82) is 0 Å². The number of amides is 1. The Morgan fingerprint density at radius 2 is 1.50 bits per heavy atom. The number of unbranched alkanes of at least 4 members (excludes halogenated alkanes) is 4. The van der Waals surface area contributed by atoms with Crippen LogP contribution >= 0.6 is 0 Å².